The average Bonchev–Trinajstić information content (AvgIpc) is 2.92. The van der Waals surface area contributed by atoms with Crippen LogP contribution in [-0.2, 0) is 9.53 Å². The lowest BCUT2D eigenvalue weighted by Crippen LogP contribution is -2.08. The van der Waals surface area contributed by atoms with Crippen LogP contribution in [0.4, 0.5) is 0 Å². The lowest BCUT2D eigenvalue weighted by Gasteiger charge is -2.14. The van der Waals surface area contributed by atoms with Gasteiger partial charge in [-0.1, -0.05) is 134 Å². The summed E-state index contributed by atoms with van der Waals surface area (Å²) < 4.78 is 11.6. The molecule has 0 saturated heterocycles. The van der Waals surface area contributed by atoms with E-state index in [2.05, 4.69) is 50.2 Å². The van der Waals surface area contributed by atoms with Crippen molar-refractivity contribution in [1.29, 1.82) is 0 Å². The van der Waals surface area contributed by atoms with Gasteiger partial charge in [-0.2, -0.15) is 0 Å². The molecule has 3 nitrogen and oxygen atoms in total. The molecule has 2 aromatic rings. The van der Waals surface area contributed by atoms with E-state index in [1.807, 2.05) is 19.1 Å². The predicted molar refractivity (Wildman–Crippen MR) is 157 cm³/mol. The van der Waals surface area contributed by atoms with Crippen LogP contribution in [0.3, 0.4) is 0 Å². The standard InChI is InChI=1S/C34H52O3/c1-4-6-8-10-11-12-13-14-15-17-19-34(35)37-29(3)30-20-22-31(23-21-30)32-24-26-33(27-25-32)36-28-18-16-9-7-5-2/h20-27,29H,4-19,28H2,1-3H3. The molecule has 0 amide bonds. The third kappa shape index (κ3) is 13.7. The van der Waals surface area contributed by atoms with Crippen LogP contribution in [-0.4, -0.2) is 12.6 Å². The quantitative estimate of drug-likeness (QED) is 0.124. The highest BCUT2D eigenvalue weighted by Crippen LogP contribution is 2.26. The van der Waals surface area contributed by atoms with Gasteiger partial charge in [0, 0.05) is 6.42 Å². The van der Waals surface area contributed by atoms with Crippen LogP contribution in [0, 0.1) is 0 Å². The van der Waals surface area contributed by atoms with Crippen LogP contribution in [0.2, 0.25) is 0 Å². The molecule has 0 aliphatic heterocycles. The Labute approximate surface area is 227 Å². The van der Waals surface area contributed by atoms with Crippen molar-refractivity contribution in [2.75, 3.05) is 6.61 Å². The molecule has 1 unspecified atom stereocenters. The van der Waals surface area contributed by atoms with Gasteiger partial charge in [-0.3, -0.25) is 4.79 Å². The molecule has 0 fully saturated rings. The Hall–Kier alpha value is -2.29. The summed E-state index contributed by atoms with van der Waals surface area (Å²) in [6.45, 7) is 7.24. The van der Waals surface area contributed by atoms with Crippen LogP contribution in [0.25, 0.3) is 11.1 Å². The second-order valence-corrected chi connectivity index (χ2v) is 10.5. The Balaban J connectivity index is 1.63. The minimum Gasteiger partial charge on any atom is -0.494 e. The van der Waals surface area contributed by atoms with Crippen LogP contribution >= 0.6 is 0 Å². The number of rotatable bonds is 21. The van der Waals surface area contributed by atoms with Gasteiger partial charge < -0.3 is 9.47 Å². The monoisotopic (exact) mass is 508 g/mol. The highest BCUT2D eigenvalue weighted by molar-refractivity contribution is 5.70. The Morgan fingerprint density at radius 2 is 1.08 bits per heavy atom. The zero-order valence-corrected chi connectivity index (χ0v) is 23.9. The first-order valence-electron chi connectivity index (χ1n) is 15.2. The van der Waals surface area contributed by atoms with Gasteiger partial charge in [-0.15, -0.1) is 0 Å². The first kappa shape index (κ1) is 30.9. The molecule has 0 aromatic heterocycles. The normalized spacial score (nSPS) is 11.9. The van der Waals surface area contributed by atoms with E-state index < -0.39 is 0 Å². The molecule has 37 heavy (non-hydrogen) atoms. The minimum absolute atomic E-state index is 0.0860. The molecule has 2 rings (SSSR count). The van der Waals surface area contributed by atoms with Crippen molar-refractivity contribution in [2.45, 2.75) is 130 Å². The number of hydrogen-bond donors (Lipinski definition) is 0. The topological polar surface area (TPSA) is 35.5 Å². The van der Waals surface area contributed by atoms with Crippen molar-refractivity contribution < 1.29 is 14.3 Å². The van der Waals surface area contributed by atoms with E-state index in [0.29, 0.717) is 6.42 Å². The zero-order valence-electron chi connectivity index (χ0n) is 23.9. The van der Waals surface area contributed by atoms with Gasteiger partial charge in [-0.05, 0) is 48.6 Å². The number of carbonyl (C=O) groups excluding carboxylic acids is 1. The highest BCUT2D eigenvalue weighted by atomic mass is 16.5. The molecule has 0 radical (unpaired) electrons. The van der Waals surface area contributed by atoms with Gasteiger partial charge in [0.1, 0.15) is 11.9 Å². The molecule has 0 bridgehead atoms. The maximum Gasteiger partial charge on any atom is 0.306 e. The summed E-state index contributed by atoms with van der Waals surface area (Å²) in [6.07, 6.45) is 19.2. The van der Waals surface area contributed by atoms with Crippen LogP contribution in [0.5, 0.6) is 5.75 Å². The summed E-state index contributed by atoms with van der Waals surface area (Å²) in [6, 6.07) is 16.6. The first-order chi connectivity index (χ1) is 18.1. The maximum atomic E-state index is 12.3. The Kier molecular flexibility index (Phi) is 16.5. The van der Waals surface area contributed by atoms with E-state index in [9.17, 15) is 4.79 Å². The third-order valence-corrected chi connectivity index (χ3v) is 7.13. The smallest absolute Gasteiger partial charge is 0.306 e. The fraction of sp³-hybridized carbons (Fsp3) is 0.618. The van der Waals surface area contributed by atoms with Crippen LogP contribution < -0.4 is 4.74 Å². The summed E-state index contributed by atoms with van der Waals surface area (Å²) in [5.41, 5.74) is 3.34. The molecule has 0 aliphatic carbocycles. The van der Waals surface area contributed by atoms with E-state index in [1.54, 1.807) is 0 Å². The molecular formula is C34H52O3. The van der Waals surface area contributed by atoms with Gasteiger partial charge in [0.2, 0.25) is 0 Å². The van der Waals surface area contributed by atoms with Gasteiger partial charge in [0.05, 0.1) is 6.61 Å². The fourth-order valence-electron chi connectivity index (χ4n) is 4.67. The van der Waals surface area contributed by atoms with E-state index >= 15 is 0 Å². The fourth-order valence-corrected chi connectivity index (χ4v) is 4.67. The van der Waals surface area contributed by atoms with E-state index in [1.165, 1.54) is 77.0 Å². The van der Waals surface area contributed by atoms with Gasteiger partial charge >= 0.3 is 5.97 Å². The average molecular weight is 509 g/mol. The summed E-state index contributed by atoms with van der Waals surface area (Å²) in [5, 5.41) is 0. The molecule has 0 spiro atoms. The van der Waals surface area contributed by atoms with E-state index in [-0.39, 0.29) is 12.1 Å². The lowest BCUT2D eigenvalue weighted by atomic mass is 10.0. The molecule has 206 valence electrons. The molecule has 2 aromatic carbocycles. The molecule has 1 atom stereocenters. The summed E-state index contributed by atoms with van der Waals surface area (Å²) in [4.78, 5) is 12.3. The molecular weight excluding hydrogens is 456 g/mol. The third-order valence-electron chi connectivity index (χ3n) is 7.13. The van der Waals surface area contributed by atoms with Crippen molar-refractivity contribution in [1.82, 2.24) is 0 Å². The molecule has 0 heterocycles. The van der Waals surface area contributed by atoms with E-state index in [4.69, 9.17) is 9.47 Å². The number of esters is 1. The molecule has 0 saturated carbocycles. The SMILES string of the molecule is CCCCCCCCCCCCC(=O)OC(C)c1ccc(-c2ccc(OCCCCCCC)cc2)cc1. The van der Waals surface area contributed by atoms with Crippen LogP contribution in [0.1, 0.15) is 135 Å². The second kappa shape index (κ2) is 19.8. The van der Waals surface area contributed by atoms with Crippen molar-refractivity contribution in [3.05, 3.63) is 54.1 Å². The number of carbonyl (C=O) groups is 1. The maximum absolute atomic E-state index is 12.3. The number of unbranched alkanes of at least 4 members (excludes halogenated alkanes) is 13. The Morgan fingerprint density at radius 1 is 0.622 bits per heavy atom. The second-order valence-electron chi connectivity index (χ2n) is 10.5. The number of benzene rings is 2. The minimum atomic E-state index is -0.224. The predicted octanol–water partition coefficient (Wildman–Crippen LogP) is 10.6. The first-order valence-corrected chi connectivity index (χ1v) is 15.2. The van der Waals surface area contributed by atoms with Crippen molar-refractivity contribution >= 4 is 5.97 Å². The van der Waals surface area contributed by atoms with Gasteiger partial charge in [0.15, 0.2) is 0 Å². The lowest BCUT2D eigenvalue weighted by molar-refractivity contribution is -0.148. The van der Waals surface area contributed by atoms with Gasteiger partial charge in [-0.25, -0.2) is 0 Å². The highest BCUT2D eigenvalue weighted by Gasteiger charge is 2.12. The molecule has 3 heteroatoms. The van der Waals surface area contributed by atoms with Crippen molar-refractivity contribution in [3.8, 4) is 16.9 Å². The largest absolute Gasteiger partial charge is 0.494 e. The molecule has 0 aliphatic rings. The summed E-state index contributed by atoms with van der Waals surface area (Å²) in [7, 11) is 0. The van der Waals surface area contributed by atoms with Crippen molar-refractivity contribution in [2.24, 2.45) is 0 Å². The van der Waals surface area contributed by atoms with Crippen molar-refractivity contribution in [3.63, 3.8) is 0 Å². The Bertz CT molecular complexity index is 825. The Morgan fingerprint density at radius 3 is 1.62 bits per heavy atom. The van der Waals surface area contributed by atoms with Crippen LogP contribution in [0.15, 0.2) is 48.5 Å². The zero-order chi connectivity index (χ0) is 26.6. The number of hydrogen-bond acceptors (Lipinski definition) is 3. The number of ether oxygens (including phenoxy) is 2. The summed E-state index contributed by atoms with van der Waals surface area (Å²) >= 11 is 0. The summed E-state index contributed by atoms with van der Waals surface area (Å²) in [5.74, 6) is 0.843. The van der Waals surface area contributed by atoms with E-state index in [0.717, 1.165) is 48.3 Å². The molecule has 0 N–H and O–H groups in total. The van der Waals surface area contributed by atoms with Gasteiger partial charge in [0.25, 0.3) is 0 Å².